The van der Waals surface area contributed by atoms with E-state index in [-0.39, 0.29) is 5.78 Å². The highest BCUT2D eigenvalue weighted by Gasteiger charge is 2.14. The van der Waals surface area contributed by atoms with E-state index < -0.39 is 0 Å². The minimum atomic E-state index is 0.182. The Hall–Kier alpha value is -1.57. The van der Waals surface area contributed by atoms with Gasteiger partial charge in [-0.15, -0.1) is 0 Å². The first-order chi connectivity index (χ1) is 7.31. The van der Waals surface area contributed by atoms with Crippen molar-refractivity contribution in [3.05, 3.63) is 35.9 Å². The summed E-state index contributed by atoms with van der Waals surface area (Å²) < 4.78 is 5.52. The minimum absolute atomic E-state index is 0.182. The van der Waals surface area contributed by atoms with Gasteiger partial charge >= 0.3 is 0 Å². The van der Waals surface area contributed by atoms with Crippen LogP contribution in [0, 0.1) is 0 Å². The highest BCUT2D eigenvalue weighted by Crippen LogP contribution is 2.32. The first-order valence-corrected chi connectivity index (χ1v) is 5.27. The zero-order valence-corrected chi connectivity index (χ0v) is 8.82. The molecule has 0 atom stereocenters. The zero-order chi connectivity index (χ0) is 10.7. The Labute approximate surface area is 89.6 Å². The monoisotopic (exact) mass is 202 g/mol. The van der Waals surface area contributed by atoms with Gasteiger partial charge in [-0.2, -0.15) is 0 Å². The quantitative estimate of drug-likeness (QED) is 0.689. The molecule has 0 radical (unpaired) electrons. The normalized spacial score (nSPS) is 17.0. The molecule has 1 heterocycles. The Bertz CT molecular complexity index is 405. The number of benzene rings is 1. The van der Waals surface area contributed by atoms with Gasteiger partial charge in [-0.3, -0.25) is 4.79 Å². The van der Waals surface area contributed by atoms with Crippen molar-refractivity contribution in [1.29, 1.82) is 0 Å². The summed E-state index contributed by atoms with van der Waals surface area (Å²) in [6, 6.07) is 7.86. The van der Waals surface area contributed by atoms with Gasteiger partial charge in [-0.1, -0.05) is 25.1 Å². The second kappa shape index (κ2) is 4.30. The van der Waals surface area contributed by atoms with Crippen LogP contribution in [0.1, 0.15) is 25.3 Å². The number of carbonyl (C=O) groups excluding carboxylic acids is 1. The molecule has 0 aromatic heterocycles. The zero-order valence-electron chi connectivity index (χ0n) is 8.82. The maximum absolute atomic E-state index is 11.4. The van der Waals surface area contributed by atoms with Crippen molar-refractivity contribution < 1.29 is 9.53 Å². The van der Waals surface area contributed by atoms with E-state index in [1.54, 1.807) is 6.08 Å². The molecule has 0 unspecified atom stereocenters. The number of hydrogen-bond acceptors (Lipinski definition) is 2. The molecule has 0 saturated carbocycles. The van der Waals surface area contributed by atoms with Crippen molar-refractivity contribution in [3.63, 3.8) is 0 Å². The van der Waals surface area contributed by atoms with Crippen LogP contribution in [0.4, 0.5) is 0 Å². The molecular weight excluding hydrogens is 188 g/mol. The molecule has 1 aliphatic rings. The van der Waals surface area contributed by atoms with Gasteiger partial charge in [-0.05, 0) is 17.7 Å². The van der Waals surface area contributed by atoms with Crippen molar-refractivity contribution in [2.24, 2.45) is 0 Å². The highest BCUT2D eigenvalue weighted by atomic mass is 16.5. The summed E-state index contributed by atoms with van der Waals surface area (Å²) >= 11 is 0. The van der Waals surface area contributed by atoms with Crippen molar-refractivity contribution in [2.45, 2.75) is 19.8 Å². The van der Waals surface area contributed by atoms with E-state index in [9.17, 15) is 4.79 Å². The van der Waals surface area contributed by atoms with Crippen LogP contribution in [-0.2, 0) is 4.79 Å². The third-order valence-corrected chi connectivity index (χ3v) is 2.55. The molecular formula is C13H14O2. The Kier molecular flexibility index (Phi) is 2.86. The van der Waals surface area contributed by atoms with Crippen LogP contribution in [-0.4, -0.2) is 12.4 Å². The number of fused-ring (bicyclic) bond motifs is 1. The lowest BCUT2D eigenvalue weighted by molar-refractivity contribution is -0.114. The summed E-state index contributed by atoms with van der Waals surface area (Å²) in [5, 5.41) is 0. The van der Waals surface area contributed by atoms with E-state index in [0.29, 0.717) is 13.0 Å². The first kappa shape index (κ1) is 9.97. The largest absolute Gasteiger partial charge is 0.493 e. The smallest absolute Gasteiger partial charge is 0.155 e. The molecule has 1 aromatic rings. The van der Waals surface area contributed by atoms with Crippen LogP contribution < -0.4 is 4.74 Å². The number of carbonyl (C=O) groups is 1. The summed E-state index contributed by atoms with van der Waals surface area (Å²) in [6.07, 6.45) is 3.14. The van der Waals surface area contributed by atoms with Gasteiger partial charge in [-0.25, -0.2) is 0 Å². The third kappa shape index (κ3) is 2.09. The van der Waals surface area contributed by atoms with E-state index in [4.69, 9.17) is 4.74 Å². The highest BCUT2D eigenvalue weighted by molar-refractivity contribution is 5.97. The number of hydrogen-bond donors (Lipinski definition) is 0. The topological polar surface area (TPSA) is 26.3 Å². The van der Waals surface area contributed by atoms with Gasteiger partial charge in [0.25, 0.3) is 0 Å². The molecule has 0 amide bonds. The molecule has 0 fully saturated rings. The van der Waals surface area contributed by atoms with E-state index in [1.807, 2.05) is 31.2 Å². The maximum atomic E-state index is 11.4. The Morgan fingerprint density at radius 1 is 1.47 bits per heavy atom. The SMILES string of the molecule is CCC(=O)/C=C1\CCOc2ccccc21. The van der Waals surface area contributed by atoms with E-state index in [2.05, 4.69) is 0 Å². The number of allylic oxidation sites excluding steroid dienone is 1. The molecule has 78 valence electrons. The van der Waals surface area contributed by atoms with Crippen molar-refractivity contribution in [2.75, 3.05) is 6.61 Å². The lowest BCUT2D eigenvalue weighted by Gasteiger charge is -2.19. The predicted molar refractivity (Wildman–Crippen MR) is 59.8 cm³/mol. The van der Waals surface area contributed by atoms with Gasteiger partial charge in [0, 0.05) is 18.4 Å². The molecule has 0 spiro atoms. The number of ketones is 1. The number of ether oxygens (including phenoxy) is 1. The molecule has 2 rings (SSSR count). The molecule has 2 heteroatoms. The average molecular weight is 202 g/mol. The lowest BCUT2D eigenvalue weighted by atomic mass is 9.98. The van der Waals surface area contributed by atoms with Crippen LogP contribution in [0.15, 0.2) is 30.3 Å². The van der Waals surface area contributed by atoms with Crippen molar-refractivity contribution >= 4 is 11.4 Å². The van der Waals surface area contributed by atoms with Crippen LogP contribution in [0.3, 0.4) is 0 Å². The van der Waals surface area contributed by atoms with E-state index >= 15 is 0 Å². The standard InChI is InChI=1S/C13H14O2/c1-2-11(14)9-10-7-8-15-13-6-4-3-5-12(10)13/h3-6,9H,2,7-8H2,1H3/b10-9+. The molecule has 2 nitrogen and oxygen atoms in total. The number of rotatable bonds is 2. The predicted octanol–water partition coefficient (Wildman–Crippen LogP) is 2.83. The van der Waals surface area contributed by atoms with Gasteiger partial charge in [0.1, 0.15) is 5.75 Å². The van der Waals surface area contributed by atoms with Crippen LogP contribution in [0.2, 0.25) is 0 Å². The summed E-state index contributed by atoms with van der Waals surface area (Å²) in [5.41, 5.74) is 2.16. The molecule has 0 bridgehead atoms. The van der Waals surface area contributed by atoms with Gasteiger partial charge < -0.3 is 4.74 Å². The molecule has 1 aromatic carbocycles. The van der Waals surface area contributed by atoms with Crippen LogP contribution in [0.25, 0.3) is 5.57 Å². The maximum Gasteiger partial charge on any atom is 0.155 e. The second-order valence-electron chi connectivity index (χ2n) is 3.58. The molecule has 1 aliphatic heterocycles. The van der Waals surface area contributed by atoms with Gasteiger partial charge in [0.15, 0.2) is 5.78 Å². The summed E-state index contributed by atoms with van der Waals surface area (Å²) in [4.78, 5) is 11.4. The Morgan fingerprint density at radius 2 is 2.27 bits per heavy atom. The third-order valence-electron chi connectivity index (χ3n) is 2.55. The Morgan fingerprint density at radius 3 is 3.07 bits per heavy atom. The first-order valence-electron chi connectivity index (χ1n) is 5.27. The molecule has 0 N–H and O–H groups in total. The summed E-state index contributed by atoms with van der Waals surface area (Å²) in [6.45, 7) is 2.55. The summed E-state index contributed by atoms with van der Waals surface area (Å²) in [7, 11) is 0. The fourth-order valence-corrected chi connectivity index (χ4v) is 1.71. The van der Waals surface area contributed by atoms with E-state index in [0.717, 1.165) is 23.3 Å². The van der Waals surface area contributed by atoms with Gasteiger partial charge in [0.2, 0.25) is 0 Å². The number of para-hydroxylation sites is 1. The van der Waals surface area contributed by atoms with Gasteiger partial charge in [0.05, 0.1) is 6.61 Å². The van der Waals surface area contributed by atoms with Crippen LogP contribution >= 0.6 is 0 Å². The molecule has 0 saturated heterocycles. The average Bonchev–Trinajstić information content (AvgIpc) is 2.29. The minimum Gasteiger partial charge on any atom is -0.493 e. The second-order valence-corrected chi connectivity index (χ2v) is 3.58. The van der Waals surface area contributed by atoms with Crippen molar-refractivity contribution in [3.8, 4) is 5.75 Å². The van der Waals surface area contributed by atoms with Crippen molar-refractivity contribution in [1.82, 2.24) is 0 Å². The fraction of sp³-hybridized carbons (Fsp3) is 0.308. The summed E-state index contributed by atoms with van der Waals surface area (Å²) in [5.74, 6) is 1.07. The molecule has 15 heavy (non-hydrogen) atoms. The lowest BCUT2D eigenvalue weighted by Crippen LogP contribution is -2.08. The van der Waals surface area contributed by atoms with E-state index in [1.165, 1.54) is 0 Å². The fourth-order valence-electron chi connectivity index (χ4n) is 1.71. The molecule has 0 aliphatic carbocycles. The van der Waals surface area contributed by atoms with Crippen LogP contribution in [0.5, 0.6) is 5.75 Å². The Balaban J connectivity index is 2.37.